The van der Waals surface area contributed by atoms with Crippen molar-refractivity contribution in [2.75, 3.05) is 32.4 Å². The summed E-state index contributed by atoms with van der Waals surface area (Å²) >= 11 is 0. The fourth-order valence-electron chi connectivity index (χ4n) is 3.54. The number of sulfonamides is 1. The van der Waals surface area contributed by atoms with Crippen LogP contribution in [0.5, 0.6) is 0 Å². The normalized spacial score (nSPS) is 12.7. The molecule has 1 aromatic carbocycles. The number of aliphatic imine (C=N–C) groups is 1. The van der Waals surface area contributed by atoms with Crippen molar-refractivity contribution in [1.82, 2.24) is 9.62 Å². The molecule has 1 aromatic rings. The van der Waals surface area contributed by atoms with Crippen molar-refractivity contribution in [1.29, 1.82) is 0 Å². The van der Waals surface area contributed by atoms with Crippen LogP contribution in [0.2, 0.25) is 0 Å². The van der Waals surface area contributed by atoms with E-state index in [4.69, 9.17) is 0 Å². The van der Waals surface area contributed by atoms with Gasteiger partial charge >= 0.3 is 0 Å². The number of nitrogens with zero attached hydrogens (tertiary/aromatic N) is 2. The molecule has 178 valence electrons. The van der Waals surface area contributed by atoms with Gasteiger partial charge in [0.1, 0.15) is 5.82 Å². The number of nitrogens with one attached hydrogen (secondary N) is 1. The number of benzene rings is 1. The second kappa shape index (κ2) is 13.3. The molecule has 0 aromatic heterocycles. The van der Waals surface area contributed by atoms with Gasteiger partial charge in [-0.15, -0.1) is 0 Å². The highest BCUT2D eigenvalue weighted by molar-refractivity contribution is 7.90. The smallest absolute Gasteiger partial charge is 0.237 e. The van der Waals surface area contributed by atoms with E-state index >= 15 is 0 Å². The van der Waals surface area contributed by atoms with E-state index in [0.717, 1.165) is 13.1 Å². The number of carbonyl (C=O) groups is 1. The Balaban J connectivity index is 3.17. The van der Waals surface area contributed by atoms with E-state index in [1.165, 1.54) is 12.1 Å². The highest BCUT2D eigenvalue weighted by Gasteiger charge is 2.21. The fourth-order valence-corrected chi connectivity index (χ4v) is 4.57. The molecule has 0 atom stereocenters. The van der Waals surface area contributed by atoms with Gasteiger partial charge in [0.15, 0.2) is 0 Å². The van der Waals surface area contributed by atoms with E-state index in [0.29, 0.717) is 35.2 Å². The maximum Gasteiger partial charge on any atom is 0.237 e. The molecule has 0 aliphatic carbocycles. The van der Waals surface area contributed by atoms with Crippen molar-refractivity contribution < 1.29 is 17.6 Å². The standard InChI is InChI=1S/C24H36FN3O3S/c1-7-11-19(17-26-6)22-15-20(25)14-21(18(4)5)23(22)16-24(29)27-32(30,31)13-10-12-28(8-2)9-3/h7,11,14-15,17-18H,1,8-10,12-13,16H2,2-6H3,(H,27,29)/b19-11+,26-17?. The van der Waals surface area contributed by atoms with Crippen LogP contribution >= 0.6 is 0 Å². The zero-order valence-electron chi connectivity index (χ0n) is 19.8. The lowest BCUT2D eigenvalue weighted by Gasteiger charge is -2.19. The molecule has 1 amide bonds. The Morgan fingerprint density at radius 2 is 1.94 bits per heavy atom. The van der Waals surface area contributed by atoms with E-state index in [-0.39, 0.29) is 18.1 Å². The molecule has 6 nitrogen and oxygen atoms in total. The molecule has 0 spiro atoms. The maximum absolute atomic E-state index is 14.4. The van der Waals surface area contributed by atoms with E-state index in [9.17, 15) is 17.6 Å². The third kappa shape index (κ3) is 8.67. The van der Waals surface area contributed by atoms with Gasteiger partial charge in [-0.2, -0.15) is 0 Å². The van der Waals surface area contributed by atoms with Crippen LogP contribution in [0.25, 0.3) is 5.57 Å². The molecular formula is C24H36FN3O3S. The molecule has 0 aliphatic rings. The molecule has 0 fully saturated rings. The maximum atomic E-state index is 14.4. The molecule has 0 saturated heterocycles. The van der Waals surface area contributed by atoms with Crippen molar-refractivity contribution in [3.8, 4) is 0 Å². The van der Waals surface area contributed by atoms with Gasteiger partial charge in [-0.05, 0) is 66.4 Å². The molecule has 0 unspecified atom stereocenters. The highest BCUT2D eigenvalue weighted by Crippen LogP contribution is 2.29. The lowest BCUT2D eigenvalue weighted by Crippen LogP contribution is -2.35. The average molecular weight is 466 g/mol. The van der Waals surface area contributed by atoms with Crippen LogP contribution in [-0.4, -0.2) is 57.9 Å². The summed E-state index contributed by atoms with van der Waals surface area (Å²) < 4.78 is 41.4. The Hall–Kier alpha value is -2.32. The second-order valence-electron chi connectivity index (χ2n) is 7.82. The van der Waals surface area contributed by atoms with Crippen molar-refractivity contribution in [3.63, 3.8) is 0 Å². The molecule has 32 heavy (non-hydrogen) atoms. The minimum absolute atomic E-state index is 0.0681. The number of carbonyl (C=O) groups excluding carboxylic acids is 1. The number of hydrogen-bond donors (Lipinski definition) is 1. The summed E-state index contributed by atoms with van der Waals surface area (Å²) in [6.45, 7) is 13.9. The van der Waals surface area contributed by atoms with Crippen molar-refractivity contribution in [2.45, 2.75) is 46.5 Å². The van der Waals surface area contributed by atoms with Crippen LogP contribution in [0.1, 0.15) is 56.7 Å². The third-order valence-electron chi connectivity index (χ3n) is 5.14. The fraction of sp³-hybridized carbons (Fsp3) is 0.500. The van der Waals surface area contributed by atoms with Crippen LogP contribution in [0.3, 0.4) is 0 Å². The van der Waals surface area contributed by atoms with E-state index < -0.39 is 21.7 Å². The van der Waals surface area contributed by atoms with Gasteiger partial charge in [-0.3, -0.25) is 14.5 Å². The average Bonchev–Trinajstić information content (AvgIpc) is 2.71. The number of amides is 1. The molecule has 8 heteroatoms. The Morgan fingerprint density at radius 1 is 1.28 bits per heavy atom. The third-order valence-corrected chi connectivity index (χ3v) is 6.50. The first-order valence-electron chi connectivity index (χ1n) is 10.9. The molecule has 0 bridgehead atoms. The number of allylic oxidation sites excluding steroid dienone is 3. The van der Waals surface area contributed by atoms with E-state index in [1.54, 1.807) is 25.4 Å². The summed E-state index contributed by atoms with van der Waals surface area (Å²) in [5.74, 6) is -1.28. The first-order chi connectivity index (χ1) is 15.1. The van der Waals surface area contributed by atoms with Crippen LogP contribution in [0, 0.1) is 5.82 Å². The zero-order valence-corrected chi connectivity index (χ0v) is 20.6. The van der Waals surface area contributed by atoms with E-state index in [1.807, 2.05) is 27.7 Å². The van der Waals surface area contributed by atoms with Gasteiger partial charge < -0.3 is 4.90 Å². The van der Waals surface area contributed by atoms with Crippen LogP contribution in [0.15, 0.2) is 35.9 Å². The Kier molecular flexibility index (Phi) is 11.5. The van der Waals surface area contributed by atoms with Crippen molar-refractivity contribution in [3.05, 3.63) is 53.4 Å². The van der Waals surface area contributed by atoms with Gasteiger partial charge in [0.25, 0.3) is 0 Å². The number of rotatable bonds is 13. The lowest BCUT2D eigenvalue weighted by molar-refractivity contribution is -0.118. The summed E-state index contributed by atoms with van der Waals surface area (Å²) in [5, 5.41) is 0. The summed E-state index contributed by atoms with van der Waals surface area (Å²) in [6, 6.07) is 2.73. The molecular weight excluding hydrogens is 429 g/mol. The SMILES string of the molecule is C=C/C=C(\C=NC)c1cc(F)cc(C(C)C)c1CC(=O)NS(=O)(=O)CCCN(CC)CC. The summed E-state index contributed by atoms with van der Waals surface area (Å²) in [5.41, 5.74) is 2.31. The van der Waals surface area contributed by atoms with Crippen LogP contribution < -0.4 is 4.72 Å². The predicted octanol–water partition coefficient (Wildman–Crippen LogP) is 3.94. The Bertz CT molecular complexity index is 949. The van der Waals surface area contributed by atoms with Gasteiger partial charge in [-0.25, -0.2) is 12.8 Å². The quantitative estimate of drug-likeness (QED) is 0.354. The minimum Gasteiger partial charge on any atom is -0.304 e. The predicted molar refractivity (Wildman–Crippen MR) is 131 cm³/mol. The summed E-state index contributed by atoms with van der Waals surface area (Å²) in [7, 11) is -2.17. The summed E-state index contributed by atoms with van der Waals surface area (Å²) in [4.78, 5) is 18.9. The summed E-state index contributed by atoms with van der Waals surface area (Å²) in [6.07, 6.45) is 5.04. The molecule has 1 rings (SSSR count). The molecule has 0 aliphatic heterocycles. The van der Waals surface area contributed by atoms with Gasteiger partial charge in [0.05, 0.1) is 12.2 Å². The Labute approximate surface area is 192 Å². The van der Waals surface area contributed by atoms with Crippen LogP contribution in [0.4, 0.5) is 4.39 Å². The van der Waals surface area contributed by atoms with Gasteiger partial charge in [-0.1, -0.05) is 46.4 Å². The van der Waals surface area contributed by atoms with E-state index in [2.05, 4.69) is 21.2 Å². The number of halogens is 1. The molecule has 0 heterocycles. The van der Waals surface area contributed by atoms with Crippen molar-refractivity contribution >= 4 is 27.7 Å². The number of hydrogen-bond acceptors (Lipinski definition) is 5. The topological polar surface area (TPSA) is 78.8 Å². The highest BCUT2D eigenvalue weighted by atomic mass is 32.2. The molecule has 1 N–H and O–H groups in total. The van der Waals surface area contributed by atoms with Gasteiger partial charge in [0.2, 0.25) is 15.9 Å². The monoisotopic (exact) mass is 465 g/mol. The lowest BCUT2D eigenvalue weighted by atomic mass is 9.88. The first kappa shape index (κ1) is 27.7. The van der Waals surface area contributed by atoms with Gasteiger partial charge in [0, 0.05) is 13.3 Å². The van der Waals surface area contributed by atoms with Crippen LogP contribution in [-0.2, 0) is 21.2 Å². The first-order valence-corrected chi connectivity index (χ1v) is 12.6. The zero-order chi connectivity index (χ0) is 24.3. The second-order valence-corrected chi connectivity index (χ2v) is 9.66. The minimum atomic E-state index is -3.77. The Morgan fingerprint density at radius 3 is 2.47 bits per heavy atom. The molecule has 0 radical (unpaired) electrons. The molecule has 0 saturated carbocycles. The largest absolute Gasteiger partial charge is 0.304 e. The van der Waals surface area contributed by atoms with Crippen molar-refractivity contribution in [2.24, 2.45) is 4.99 Å².